The number of allylic oxidation sites excluding steroid dienone is 1. The van der Waals surface area contributed by atoms with Gasteiger partial charge in [0.1, 0.15) is 6.61 Å². The van der Waals surface area contributed by atoms with Gasteiger partial charge in [-0.3, -0.25) is 0 Å². The van der Waals surface area contributed by atoms with Crippen LogP contribution in [0.4, 0.5) is 0 Å². The summed E-state index contributed by atoms with van der Waals surface area (Å²) in [7, 11) is 0. The van der Waals surface area contributed by atoms with E-state index in [0.29, 0.717) is 11.8 Å². The highest BCUT2D eigenvalue weighted by molar-refractivity contribution is 5.68. The molecular weight excluding hydrogens is 156 g/mol. The molecule has 2 aliphatic carbocycles. The molecule has 12 heavy (non-hydrogen) atoms. The molecule has 66 valence electrons. The van der Waals surface area contributed by atoms with Gasteiger partial charge >= 0.3 is 5.97 Å². The van der Waals surface area contributed by atoms with Gasteiger partial charge in [0, 0.05) is 5.92 Å². The second kappa shape index (κ2) is 2.90. The first-order chi connectivity index (χ1) is 5.75. The predicted octanol–water partition coefficient (Wildman–Crippen LogP) is 1.05. The molecule has 2 aliphatic rings. The average molecular weight is 168 g/mol. The SMILES string of the molecule is O=C(O)COC1CC2C=CC1C2. The molecule has 0 aromatic rings. The minimum Gasteiger partial charge on any atom is -0.480 e. The summed E-state index contributed by atoms with van der Waals surface area (Å²) in [4.78, 5) is 10.2. The number of aliphatic carboxylic acids is 1. The molecule has 0 radical (unpaired) electrons. The summed E-state index contributed by atoms with van der Waals surface area (Å²) in [5.41, 5.74) is 0. The highest BCUT2D eigenvalue weighted by Crippen LogP contribution is 2.40. The van der Waals surface area contributed by atoms with E-state index in [9.17, 15) is 4.79 Å². The molecule has 0 aromatic heterocycles. The average Bonchev–Trinajstić information content (AvgIpc) is 2.60. The molecular formula is C9H12O3. The first kappa shape index (κ1) is 7.80. The number of fused-ring (bicyclic) bond motifs is 2. The van der Waals surface area contributed by atoms with Crippen molar-refractivity contribution in [3.63, 3.8) is 0 Å². The van der Waals surface area contributed by atoms with Gasteiger partial charge in [-0.25, -0.2) is 4.79 Å². The van der Waals surface area contributed by atoms with E-state index in [0.717, 1.165) is 12.8 Å². The van der Waals surface area contributed by atoms with Crippen molar-refractivity contribution >= 4 is 5.97 Å². The van der Waals surface area contributed by atoms with Crippen LogP contribution in [0.3, 0.4) is 0 Å². The van der Waals surface area contributed by atoms with E-state index < -0.39 is 5.97 Å². The molecule has 3 heteroatoms. The van der Waals surface area contributed by atoms with Crippen LogP contribution in [-0.2, 0) is 9.53 Å². The van der Waals surface area contributed by atoms with Crippen LogP contribution in [-0.4, -0.2) is 23.8 Å². The van der Waals surface area contributed by atoms with E-state index in [1.54, 1.807) is 0 Å². The van der Waals surface area contributed by atoms with E-state index in [1.807, 2.05) is 0 Å². The van der Waals surface area contributed by atoms with Crippen LogP contribution in [0.5, 0.6) is 0 Å². The van der Waals surface area contributed by atoms with Gasteiger partial charge in [0.25, 0.3) is 0 Å². The predicted molar refractivity (Wildman–Crippen MR) is 42.7 cm³/mol. The first-order valence-corrected chi connectivity index (χ1v) is 4.27. The number of carbonyl (C=O) groups is 1. The molecule has 3 nitrogen and oxygen atoms in total. The van der Waals surface area contributed by atoms with Crippen LogP contribution in [0.25, 0.3) is 0 Å². The molecule has 0 heterocycles. The van der Waals surface area contributed by atoms with Crippen LogP contribution in [0.1, 0.15) is 12.8 Å². The maximum absolute atomic E-state index is 10.2. The summed E-state index contributed by atoms with van der Waals surface area (Å²) in [5.74, 6) is 0.255. The standard InChI is InChI=1S/C9H12O3/c10-9(11)5-12-8-4-6-1-2-7(8)3-6/h1-2,6-8H,3-5H2,(H,10,11). The fourth-order valence-electron chi connectivity index (χ4n) is 2.10. The normalized spacial score (nSPS) is 37.5. The van der Waals surface area contributed by atoms with Crippen molar-refractivity contribution in [2.75, 3.05) is 6.61 Å². The maximum atomic E-state index is 10.2. The smallest absolute Gasteiger partial charge is 0.329 e. The lowest BCUT2D eigenvalue weighted by atomic mass is 10.0. The number of ether oxygens (including phenoxy) is 1. The molecule has 0 amide bonds. The minimum atomic E-state index is -0.873. The second-order valence-electron chi connectivity index (χ2n) is 3.52. The van der Waals surface area contributed by atoms with Crippen molar-refractivity contribution in [3.05, 3.63) is 12.2 Å². The zero-order valence-electron chi connectivity index (χ0n) is 6.77. The Morgan fingerprint density at radius 2 is 2.33 bits per heavy atom. The van der Waals surface area contributed by atoms with Gasteiger partial charge in [-0.05, 0) is 18.8 Å². The lowest BCUT2D eigenvalue weighted by molar-refractivity contribution is -0.144. The molecule has 0 spiro atoms. The van der Waals surface area contributed by atoms with Crippen molar-refractivity contribution in [3.8, 4) is 0 Å². The van der Waals surface area contributed by atoms with Crippen molar-refractivity contribution in [1.29, 1.82) is 0 Å². The van der Waals surface area contributed by atoms with E-state index in [2.05, 4.69) is 12.2 Å². The fourth-order valence-corrected chi connectivity index (χ4v) is 2.10. The molecule has 1 fully saturated rings. The Labute approximate surface area is 71.0 Å². The lowest BCUT2D eigenvalue weighted by Crippen LogP contribution is -2.21. The van der Waals surface area contributed by atoms with E-state index in [-0.39, 0.29) is 12.7 Å². The highest BCUT2D eigenvalue weighted by atomic mass is 16.5. The zero-order chi connectivity index (χ0) is 8.55. The summed E-state index contributed by atoms with van der Waals surface area (Å²) >= 11 is 0. The Morgan fingerprint density at radius 1 is 1.50 bits per heavy atom. The first-order valence-electron chi connectivity index (χ1n) is 4.27. The van der Waals surface area contributed by atoms with Crippen LogP contribution in [0, 0.1) is 11.8 Å². The van der Waals surface area contributed by atoms with Gasteiger partial charge in [-0.15, -0.1) is 0 Å². The number of hydrogen-bond acceptors (Lipinski definition) is 2. The second-order valence-corrected chi connectivity index (χ2v) is 3.52. The Kier molecular flexibility index (Phi) is 1.89. The van der Waals surface area contributed by atoms with Crippen molar-refractivity contribution in [2.24, 2.45) is 11.8 Å². The third-order valence-electron chi connectivity index (χ3n) is 2.64. The van der Waals surface area contributed by atoms with Gasteiger partial charge in [0.2, 0.25) is 0 Å². The molecule has 1 saturated carbocycles. The van der Waals surface area contributed by atoms with Crippen molar-refractivity contribution in [1.82, 2.24) is 0 Å². The Hall–Kier alpha value is -0.830. The summed E-state index contributed by atoms with van der Waals surface area (Å²) in [6.07, 6.45) is 6.70. The highest BCUT2D eigenvalue weighted by Gasteiger charge is 2.36. The third-order valence-corrected chi connectivity index (χ3v) is 2.64. The molecule has 2 bridgehead atoms. The number of rotatable bonds is 3. The molecule has 0 aromatic carbocycles. The number of hydrogen-bond donors (Lipinski definition) is 1. The molecule has 0 aliphatic heterocycles. The summed E-state index contributed by atoms with van der Waals surface area (Å²) < 4.78 is 5.25. The molecule has 1 N–H and O–H groups in total. The monoisotopic (exact) mass is 168 g/mol. The van der Waals surface area contributed by atoms with E-state index >= 15 is 0 Å². The lowest BCUT2D eigenvalue weighted by Gasteiger charge is -2.17. The zero-order valence-corrected chi connectivity index (χ0v) is 6.77. The molecule has 0 saturated heterocycles. The summed E-state index contributed by atoms with van der Waals surface area (Å²) in [6.45, 7) is -0.151. The summed E-state index contributed by atoms with van der Waals surface area (Å²) in [6, 6.07) is 0. The topological polar surface area (TPSA) is 46.5 Å². The Morgan fingerprint density at radius 3 is 2.83 bits per heavy atom. The molecule has 3 atom stereocenters. The summed E-state index contributed by atoms with van der Waals surface area (Å²) in [5, 5.41) is 8.40. The minimum absolute atomic E-state index is 0.151. The quantitative estimate of drug-likeness (QED) is 0.641. The number of carboxylic acid groups (broad SMARTS) is 1. The Balaban J connectivity index is 1.83. The van der Waals surface area contributed by atoms with Crippen molar-refractivity contribution < 1.29 is 14.6 Å². The van der Waals surface area contributed by atoms with Crippen LogP contribution < -0.4 is 0 Å². The molecule has 3 unspecified atom stereocenters. The van der Waals surface area contributed by atoms with Gasteiger partial charge in [-0.1, -0.05) is 12.2 Å². The van der Waals surface area contributed by atoms with Crippen LogP contribution in [0.15, 0.2) is 12.2 Å². The van der Waals surface area contributed by atoms with Gasteiger partial charge < -0.3 is 9.84 Å². The van der Waals surface area contributed by atoms with Gasteiger partial charge in [-0.2, -0.15) is 0 Å². The maximum Gasteiger partial charge on any atom is 0.329 e. The van der Waals surface area contributed by atoms with Crippen LogP contribution in [0.2, 0.25) is 0 Å². The number of carboxylic acids is 1. The van der Waals surface area contributed by atoms with Gasteiger partial charge in [0.15, 0.2) is 0 Å². The van der Waals surface area contributed by atoms with Crippen LogP contribution >= 0.6 is 0 Å². The fraction of sp³-hybridized carbons (Fsp3) is 0.667. The third kappa shape index (κ3) is 1.37. The van der Waals surface area contributed by atoms with Crippen molar-refractivity contribution in [2.45, 2.75) is 18.9 Å². The van der Waals surface area contributed by atoms with Gasteiger partial charge in [0.05, 0.1) is 6.10 Å². The molecule has 2 rings (SSSR count). The van der Waals surface area contributed by atoms with E-state index in [4.69, 9.17) is 9.84 Å². The largest absolute Gasteiger partial charge is 0.480 e. The van der Waals surface area contributed by atoms with E-state index in [1.165, 1.54) is 0 Å². The Bertz CT molecular complexity index is 222.